The number of hydrogen-bond acceptors (Lipinski definition) is 1. The van der Waals surface area contributed by atoms with Crippen molar-refractivity contribution < 1.29 is 4.74 Å². The first-order chi connectivity index (χ1) is 8.33. The molecule has 88 valence electrons. The van der Waals surface area contributed by atoms with E-state index in [0.717, 1.165) is 12.2 Å². The van der Waals surface area contributed by atoms with Gasteiger partial charge in [-0.3, -0.25) is 0 Å². The van der Waals surface area contributed by atoms with E-state index in [1.807, 2.05) is 19.1 Å². The molecule has 1 heteroatoms. The maximum Gasteiger partial charge on any atom is 0.119 e. The van der Waals surface area contributed by atoms with Crippen molar-refractivity contribution in [2.45, 2.75) is 20.3 Å². The average molecular weight is 226 g/mol. The van der Waals surface area contributed by atoms with Crippen LogP contribution in [0.15, 0.2) is 48.5 Å². The van der Waals surface area contributed by atoms with E-state index in [4.69, 9.17) is 4.74 Å². The molecule has 0 aromatic heterocycles. The van der Waals surface area contributed by atoms with Crippen molar-refractivity contribution in [1.29, 1.82) is 0 Å². The summed E-state index contributed by atoms with van der Waals surface area (Å²) < 4.78 is 5.44. The number of ether oxygens (including phenoxy) is 1. The molecule has 0 saturated heterocycles. The van der Waals surface area contributed by atoms with Gasteiger partial charge in [0.05, 0.1) is 6.61 Å². The third-order valence-corrected chi connectivity index (χ3v) is 2.83. The maximum atomic E-state index is 5.44. The van der Waals surface area contributed by atoms with Crippen LogP contribution in [0.2, 0.25) is 0 Å². The van der Waals surface area contributed by atoms with Crippen LogP contribution in [0.25, 0.3) is 11.1 Å². The second-order valence-corrected chi connectivity index (χ2v) is 4.01. The largest absolute Gasteiger partial charge is 0.494 e. The number of benzene rings is 2. The third-order valence-electron chi connectivity index (χ3n) is 2.83. The third kappa shape index (κ3) is 2.88. The highest BCUT2D eigenvalue weighted by atomic mass is 16.5. The fraction of sp³-hybridized carbons (Fsp3) is 0.250. The van der Waals surface area contributed by atoms with Gasteiger partial charge in [-0.2, -0.15) is 0 Å². The first-order valence-corrected chi connectivity index (χ1v) is 6.15. The van der Waals surface area contributed by atoms with E-state index in [9.17, 15) is 0 Å². The first-order valence-electron chi connectivity index (χ1n) is 6.15. The molecule has 0 radical (unpaired) electrons. The van der Waals surface area contributed by atoms with Crippen LogP contribution in [0.1, 0.15) is 19.4 Å². The molecule has 1 nitrogen and oxygen atoms in total. The molecule has 0 atom stereocenters. The molecule has 17 heavy (non-hydrogen) atoms. The molecule has 2 rings (SSSR count). The quantitative estimate of drug-likeness (QED) is 0.754. The predicted molar refractivity (Wildman–Crippen MR) is 72.4 cm³/mol. The lowest BCUT2D eigenvalue weighted by atomic mass is 10.0. The topological polar surface area (TPSA) is 9.23 Å². The van der Waals surface area contributed by atoms with E-state index < -0.39 is 0 Å². The normalized spacial score (nSPS) is 10.2. The molecule has 0 saturated carbocycles. The Hall–Kier alpha value is -1.76. The Morgan fingerprint density at radius 3 is 2.29 bits per heavy atom. The molecule has 0 amide bonds. The number of hydrogen-bond donors (Lipinski definition) is 0. The summed E-state index contributed by atoms with van der Waals surface area (Å²) in [5.41, 5.74) is 3.88. The van der Waals surface area contributed by atoms with Crippen molar-refractivity contribution in [3.63, 3.8) is 0 Å². The highest BCUT2D eigenvalue weighted by Gasteiger charge is 1.99. The average Bonchev–Trinajstić information content (AvgIpc) is 2.40. The monoisotopic (exact) mass is 226 g/mol. The summed E-state index contributed by atoms with van der Waals surface area (Å²) in [6.45, 7) is 4.89. The van der Waals surface area contributed by atoms with Gasteiger partial charge in [0.1, 0.15) is 5.75 Å². The van der Waals surface area contributed by atoms with Gasteiger partial charge in [-0.05, 0) is 42.2 Å². The Morgan fingerprint density at radius 2 is 1.65 bits per heavy atom. The zero-order chi connectivity index (χ0) is 12.1. The highest BCUT2D eigenvalue weighted by Crippen LogP contribution is 2.23. The van der Waals surface area contributed by atoms with Gasteiger partial charge in [-0.25, -0.2) is 0 Å². The zero-order valence-electron chi connectivity index (χ0n) is 10.4. The summed E-state index contributed by atoms with van der Waals surface area (Å²) in [4.78, 5) is 0. The molecule has 0 aliphatic rings. The van der Waals surface area contributed by atoms with Gasteiger partial charge in [0, 0.05) is 0 Å². The van der Waals surface area contributed by atoms with Crippen molar-refractivity contribution in [2.75, 3.05) is 6.61 Å². The van der Waals surface area contributed by atoms with Crippen LogP contribution in [-0.2, 0) is 6.42 Å². The molecule has 2 aromatic carbocycles. The summed E-state index contributed by atoms with van der Waals surface area (Å²) >= 11 is 0. The molecule has 0 heterocycles. The maximum absolute atomic E-state index is 5.44. The van der Waals surface area contributed by atoms with Crippen molar-refractivity contribution in [3.8, 4) is 16.9 Å². The zero-order valence-corrected chi connectivity index (χ0v) is 10.4. The van der Waals surface area contributed by atoms with E-state index in [2.05, 4.69) is 43.3 Å². The SMILES string of the molecule is CCOc1ccc(-c2cccc(CC)c2)cc1. The van der Waals surface area contributed by atoms with Crippen molar-refractivity contribution in [3.05, 3.63) is 54.1 Å². The van der Waals surface area contributed by atoms with Crippen molar-refractivity contribution in [1.82, 2.24) is 0 Å². The summed E-state index contributed by atoms with van der Waals surface area (Å²) in [5, 5.41) is 0. The summed E-state index contributed by atoms with van der Waals surface area (Å²) in [6, 6.07) is 16.9. The van der Waals surface area contributed by atoms with E-state index in [0.29, 0.717) is 6.61 Å². The van der Waals surface area contributed by atoms with Gasteiger partial charge in [-0.1, -0.05) is 43.3 Å². The molecule has 0 N–H and O–H groups in total. The molecule has 2 aromatic rings. The van der Waals surface area contributed by atoms with E-state index in [-0.39, 0.29) is 0 Å². The Bertz CT molecular complexity index is 471. The van der Waals surface area contributed by atoms with Gasteiger partial charge >= 0.3 is 0 Å². The van der Waals surface area contributed by atoms with Crippen molar-refractivity contribution >= 4 is 0 Å². The lowest BCUT2D eigenvalue weighted by Gasteiger charge is -2.06. The first kappa shape index (κ1) is 11.7. The number of rotatable bonds is 4. The number of aryl methyl sites for hydroxylation is 1. The van der Waals surface area contributed by atoms with Crippen LogP contribution in [0.5, 0.6) is 5.75 Å². The van der Waals surface area contributed by atoms with Gasteiger partial charge in [-0.15, -0.1) is 0 Å². The lowest BCUT2D eigenvalue weighted by Crippen LogP contribution is -1.90. The van der Waals surface area contributed by atoms with Crippen molar-refractivity contribution in [2.24, 2.45) is 0 Å². The molecule has 0 bridgehead atoms. The lowest BCUT2D eigenvalue weighted by molar-refractivity contribution is 0.340. The molecule has 0 spiro atoms. The molecular formula is C16H18O. The molecule has 0 aliphatic heterocycles. The molecule has 0 unspecified atom stereocenters. The fourth-order valence-corrected chi connectivity index (χ4v) is 1.88. The second-order valence-electron chi connectivity index (χ2n) is 4.01. The van der Waals surface area contributed by atoms with Gasteiger partial charge in [0.25, 0.3) is 0 Å². The minimum atomic E-state index is 0.713. The van der Waals surface area contributed by atoms with E-state index in [1.54, 1.807) is 0 Å². The summed E-state index contributed by atoms with van der Waals surface area (Å²) in [6.07, 6.45) is 1.07. The van der Waals surface area contributed by atoms with Crippen LogP contribution >= 0.6 is 0 Å². The van der Waals surface area contributed by atoms with Gasteiger partial charge in [0.2, 0.25) is 0 Å². The Labute approximate surface area is 103 Å². The Balaban J connectivity index is 2.26. The van der Waals surface area contributed by atoms with Crippen LogP contribution < -0.4 is 4.74 Å². The molecule has 0 fully saturated rings. The molecule has 0 aliphatic carbocycles. The standard InChI is InChI=1S/C16H18O/c1-3-13-6-5-7-15(12-13)14-8-10-16(11-9-14)17-4-2/h5-12H,3-4H2,1-2H3. The predicted octanol–water partition coefficient (Wildman–Crippen LogP) is 4.31. The Morgan fingerprint density at radius 1 is 0.882 bits per heavy atom. The smallest absolute Gasteiger partial charge is 0.119 e. The van der Waals surface area contributed by atoms with E-state index in [1.165, 1.54) is 16.7 Å². The minimum Gasteiger partial charge on any atom is -0.494 e. The van der Waals surface area contributed by atoms with Gasteiger partial charge in [0.15, 0.2) is 0 Å². The minimum absolute atomic E-state index is 0.713. The van der Waals surface area contributed by atoms with Crippen LogP contribution in [-0.4, -0.2) is 6.61 Å². The summed E-state index contributed by atoms with van der Waals surface area (Å²) in [7, 11) is 0. The Kier molecular flexibility index (Phi) is 3.81. The van der Waals surface area contributed by atoms with Crippen LogP contribution in [0.3, 0.4) is 0 Å². The molecular weight excluding hydrogens is 208 g/mol. The van der Waals surface area contributed by atoms with Crippen LogP contribution in [0, 0.1) is 0 Å². The van der Waals surface area contributed by atoms with Gasteiger partial charge < -0.3 is 4.74 Å². The fourth-order valence-electron chi connectivity index (χ4n) is 1.88. The van der Waals surface area contributed by atoms with E-state index >= 15 is 0 Å². The highest BCUT2D eigenvalue weighted by molar-refractivity contribution is 5.64. The second kappa shape index (κ2) is 5.53. The summed E-state index contributed by atoms with van der Waals surface area (Å²) in [5.74, 6) is 0.933. The van der Waals surface area contributed by atoms with Crippen LogP contribution in [0.4, 0.5) is 0 Å².